The zero-order valence-corrected chi connectivity index (χ0v) is 9.08. The van der Waals surface area contributed by atoms with Gasteiger partial charge in [-0.15, -0.1) is 0 Å². The van der Waals surface area contributed by atoms with Crippen molar-refractivity contribution in [2.24, 2.45) is 0 Å². The van der Waals surface area contributed by atoms with E-state index in [4.69, 9.17) is 4.52 Å². The second-order valence-electron chi connectivity index (χ2n) is 4.05. The summed E-state index contributed by atoms with van der Waals surface area (Å²) >= 11 is 0. The van der Waals surface area contributed by atoms with E-state index in [1.807, 2.05) is 12.1 Å². The summed E-state index contributed by atoms with van der Waals surface area (Å²) < 4.78 is 5.19. The van der Waals surface area contributed by atoms with Gasteiger partial charge < -0.3 is 14.9 Å². The molecule has 6 nitrogen and oxygen atoms in total. The van der Waals surface area contributed by atoms with E-state index >= 15 is 0 Å². The molecule has 0 aromatic carbocycles. The second kappa shape index (κ2) is 4.23. The van der Waals surface area contributed by atoms with Crippen LogP contribution in [-0.2, 0) is 0 Å². The largest absolute Gasteiger partial charge is 0.392 e. The number of β-amino-alcohol motifs (C(OH)–C–C–N with tert-alkyl or cyclic N) is 1. The summed E-state index contributed by atoms with van der Waals surface area (Å²) in [5.41, 5.74) is 0.820. The van der Waals surface area contributed by atoms with E-state index in [1.165, 1.54) is 0 Å². The van der Waals surface area contributed by atoms with Crippen molar-refractivity contribution >= 4 is 0 Å². The molecule has 0 radical (unpaired) electrons. The molecule has 17 heavy (non-hydrogen) atoms. The Labute approximate surface area is 97.7 Å². The van der Waals surface area contributed by atoms with E-state index < -0.39 is 0 Å². The van der Waals surface area contributed by atoms with Gasteiger partial charge in [0.2, 0.25) is 11.7 Å². The minimum Gasteiger partial charge on any atom is -0.392 e. The van der Waals surface area contributed by atoms with E-state index in [0.29, 0.717) is 24.7 Å². The monoisotopic (exact) mass is 232 g/mol. The molecule has 88 valence electrons. The average molecular weight is 232 g/mol. The van der Waals surface area contributed by atoms with Crippen molar-refractivity contribution in [1.29, 1.82) is 0 Å². The lowest BCUT2D eigenvalue weighted by Gasteiger charge is -2.01. The van der Waals surface area contributed by atoms with E-state index in [-0.39, 0.29) is 12.1 Å². The number of pyridine rings is 1. The lowest BCUT2D eigenvalue weighted by Crippen LogP contribution is -2.15. The minimum atomic E-state index is -0.339. The zero-order chi connectivity index (χ0) is 11.7. The van der Waals surface area contributed by atoms with Gasteiger partial charge in [0, 0.05) is 24.5 Å². The highest BCUT2D eigenvalue weighted by molar-refractivity contribution is 5.51. The van der Waals surface area contributed by atoms with Crippen LogP contribution in [0.2, 0.25) is 0 Å². The van der Waals surface area contributed by atoms with Gasteiger partial charge in [0.1, 0.15) is 0 Å². The fraction of sp³-hybridized carbons (Fsp3) is 0.364. The van der Waals surface area contributed by atoms with Crippen molar-refractivity contribution < 1.29 is 9.63 Å². The molecule has 1 saturated heterocycles. The highest BCUT2D eigenvalue weighted by atomic mass is 16.5. The van der Waals surface area contributed by atoms with Crippen LogP contribution < -0.4 is 5.32 Å². The Morgan fingerprint density at radius 2 is 2.41 bits per heavy atom. The zero-order valence-electron chi connectivity index (χ0n) is 9.08. The van der Waals surface area contributed by atoms with Crippen molar-refractivity contribution in [3.05, 3.63) is 30.4 Å². The van der Waals surface area contributed by atoms with Gasteiger partial charge in [-0.1, -0.05) is 5.16 Å². The molecule has 2 aromatic rings. The number of rotatable bonds is 2. The van der Waals surface area contributed by atoms with Gasteiger partial charge in [0.25, 0.3) is 0 Å². The molecule has 0 bridgehead atoms. The topological polar surface area (TPSA) is 84.1 Å². The molecule has 0 spiro atoms. The Kier molecular flexibility index (Phi) is 2.58. The van der Waals surface area contributed by atoms with E-state index in [9.17, 15) is 5.11 Å². The molecule has 2 N–H and O–H groups in total. The van der Waals surface area contributed by atoms with Gasteiger partial charge in [0.05, 0.1) is 12.1 Å². The molecule has 6 heteroatoms. The molecule has 2 unspecified atom stereocenters. The summed E-state index contributed by atoms with van der Waals surface area (Å²) in [6.07, 6.45) is 3.65. The Balaban J connectivity index is 1.84. The van der Waals surface area contributed by atoms with Crippen LogP contribution in [0.4, 0.5) is 0 Å². The quantitative estimate of drug-likeness (QED) is 0.785. The summed E-state index contributed by atoms with van der Waals surface area (Å²) in [6, 6.07) is 3.64. The minimum absolute atomic E-state index is 0.0529. The third-order valence-corrected chi connectivity index (χ3v) is 2.77. The summed E-state index contributed by atoms with van der Waals surface area (Å²) in [5.74, 6) is 1.04. The first-order valence-electron chi connectivity index (χ1n) is 5.48. The normalized spacial score (nSPS) is 24.1. The number of nitrogens with one attached hydrogen (secondary N) is 1. The molecule has 0 saturated carbocycles. The van der Waals surface area contributed by atoms with Crippen molar-refractivity contribution in [1.82, 2.24) is 20.4 Å². The van der Waals surface area contributed by atoms with Crippen molar-refractivity contribution in [2.75, 3.05) is 6.54 Å². The molecule has 1 aliphatic heterocycles. The van der Waals surface area contributed by atoms with Crippen LogP contribution in [0.5, 0.6) is 0 Å². The number of hydrogen-bond acceptors (Lipinski definition) is 6. The second-order valence-corrected chi connectivity index (χ2v) is 4.05. The maximum Gasteiger partial charge on any atom is 0.244 e. The highest BCUT2D eigenvalue weighted by Crippen LogP contribution is 2.24. The molecule has 0 amide bonds. The van der Waals surface area contributed by atoms with Gasteiger partial charge in [-0.25, -0.2) is 0 Å². The van der Waals surface area contributed by atoms with Crippen LogP contribution in [0.25, 0.3) is 11.4 Å². The van der Waals surface area contributed by atoms with Crippen molar-refractivity contribution in [3.8, 4) is 11.4 Å². The van der Waals surface area contributed by atoms with Gasteiger partial charge in [-0.3, -0.25) is 4.98 Å². The molecule has 2 aromatic heterocycles. The van der Waals surface area contributed by atoms with Crippen LogP contribution in [0.1, 0.15) is 18.4 Å². The third kappa shape index (κ3) is 2.04. The summed E-state index contributed by atoms with van der Waals surface area (Å²) in [4.78, 5) is 8.31. The number of aromatic nitrogens is 3. The predicted molar refractivity (Wildman–Crippen MR) is 58.9 cm³/mol. The standard InChI is InChI=1S/C11H12N4O2/c16-8-4-9(13-6-8)11-14-10(15-17-11)7-2-1-3-12-5-7/h1-3,5,8-9,13,16H,4,6H2. The smallest absolute Gasteiger partial charge is 0.244 e. The van der Waals surface area contributed by atoms with Gasteiger partial charge >= 0.3 is 0 Å². The number of hydrogen-bond donors (Lipinski definition) is 2. The van der Waals surface area contributed by atoms with Gasteiger partial charge in [-0.2, -0.15) is 4.98 Å². The molecule has 1 aliphatic rings. The van der Waals surface area contributed by atoms with E-state index in [0.717, 1.165) is 5.56 Å². The molecule has 3 heterocycles. The van der Waals surface area contributed by atoms with Crippen molar-refractivity contribution in [3.63, 3.8) is 0 Å². The summed E-state index contributed by atoms with van der Waals surface area (Å²) in [7, 11) is 0. The highest BCUT2D eigenvalue weighted by Gasteiger charge is 2.28. The van der Waals surface area contributed by atoms with Gasteiger partial charge in [0.15, 0.2) is 0 Å². The Morgan fingerprint density at radius 1 is 1.47 bits per heavy atom. The number of aliphatic hydroxyl groups is 1. The summed E-state index contributed by atoms with van der Waals surface area (Å²) in [6.45, 7) is 0.565. The molecular weight excluding hydrogens is 220 g/mol. The first-order valence-corrected chi connectivity index (χ1v) is 5.48. The van der Waals surface area contributed by atoms with Crippen molar-refractivity contribution in [2.45, 2.75) is 18.6 Å². The Bertz CT molecular complexity index is 499. The van der Waals surface area contributed by atoms with Crippen LogP contribution in [-0.4, -0.2) is 32.9 Å². The fourth-order valence-corrected chi connectivity index (χ4v) is 1.89. The van der Waals surface area contributed by atoms with Crippen LogP contribution in [0.3, 0.4) is 0 Å². The lowest BCUT2D eigenvalue weighted by molar-refractivity contribution is 0.191. The van der Waals surface area contributed by atoms with Crippen LogP contribution in [0, 0.1) is 0 Å². The van der Waals surface area contributed by atoms with Crippen LogP contribution in [0.15, 0.2) is 29.0 Å². The maximum atomic E-state index is 9.42. The molecule has 2 atom stereocenters. The van der Waals surface area contributed by atoms with Crippen LogP contribution >= 0.6 is 0 Å². The first kappa shape index (κ1) is 10.4. The fourth-order valence-electron chi connectivity index (χ4n) is 1.89. The predicted octanol–water partition coefficient (Wildman–Crippen LogP) is 0.527. The third-order valence-electron chi connectivity index (χ3n) is 2.77. The molecule has 1 fully saturated rings. The van der Waals surface area contributed by atoms with Gasteiger partial charge in [-0.05, 0) is 18.6 Å². The SMILES string of the molecule is OC1CNC(c2nc(-c3cccnc3)no2)C1. The number of nitrogens with zero attached hydrogens (tertiary/aromatic N) is 3. The number of aliphatic hydroxyl groups excluding tert-OH is 1. The van der Waals surface area contributed by atoms with E-state index in [1.54, 1.807) is 12.4 Å². The molecular formula is C11H12N4O2. The lowest BCUT2D eigenvalue weighted by atomic mass is 10.2. The Morgan fingerprint density at radius 3 is 3.12 bits per heavy atom. The molecule has 3 rings (SSSR count). The Hall–Kier alpha value is -1.79. The molecule has 0 aliphatic carbocycles. The average Bonchev–Trinajstić information content (AvgIpc) is 2.98. The first-order chi connectivity index (χ1) is 8.33. The van der Waals surface area contributed by atoms with E-state index in [2.05, 4.69) is 20.4 Å². The maximum absolute atomic E-state index is 9.42. The summed E-state index contributed by atoms with van der Waals surface area (Å²) in [5, 5.41) is 16.5.